The van der Waals surface area contributed by atoms with Gasteiger partial charge in [-0.25, -0.2) is 9.97 Å². The van der Waals surface area contributed by atoms with Crippen molar-refractivity contribution in [3.8, 4) is 23.0 Å². The fraction of sp³-hybridized carbons (Fsp3) is 0.269. The van der Waals surface area contributed by atoms with E-state index in [1.807, 2.05) is 68.4 Å². The van der Waals surface area contributed by atoms with Crippen LogP contribution in [0.4, 0.5) is 0 Å². The smallest absolute Gasteiger partial charge is 0.272 e. The summed E-state index contributed by atoms with van der Waals surface area (Å²) < 4.78 is 13.0. The highest BCUT2D eigenvalue weighted by atomic mass is 16.5. The molecule has 0 bridgehead atoms. The van der Waals surface area contributed by atoms with Crippen LogP contribution >= 0.6 is 0 Å². The molecule has 0 unspecified atom stereocenters. The summed E-state index contributed by atoms with van der Waals surface area (Å²) in [5, 5.41) is 0. The minimum Gasteiger partial charge on any atom is -0.497 e. The van der Waals surface area contributed by atoms with Gasteiger partial charge in [0.05, 0.1) is 25.3 Å². The Morgan fingerprint density at radius 2 is 1.61 bits per heavy atom. The van der Waals surface area contributed by atoms with E-state index in [1.165, 1.54) is 0 Å². The number of carbonyl (C=O) groups excluding carboxylic acids is 1. The molecule has 4 aromatic rings. The zero-order valence-corrected chi connectivity index (χ0v) is 19.4. The Hall–Kier alpha value is -3.87. The van der Waals surface area contributed by atoms with E-state index in [9.17, 15) is 4.79 Å². The largest absolute Gasteiger partial charge is 0.497 e. The number of para-hydroxylation sites is 2. The first kappa shape index (κ1) is 22.3. The van der Waals surface area contributed by atoms with E-state index in [-0.39, 0.29) is 5.91 Å². The average molecular weight is 445 g/mol. The Morgan fingerprint density at radius 3 is 2.27 bits per heavy atom. The molecule has 0 radical (unpaired) electrons. The molecule has 0 spiro atoms. The van der Waals surface area contributed by atoms with Gasteiger partial charge in [-0.15, -0.1) is 0 Å². The van der Waals surface area contributed by atoms with Gasteiger partial charge < -0.3 is 18.9 Å². The molecule has 33 heavy (non-hydrogen) atoms. The number of benzene rings is 2. The molecule has 7 heteroatoms. The average Bonchev–Trinajstić information content (AvgIpc) is 3.22. The van der Waals surface area contributed by atoms with Gasteiger partial charge in [-0.2, -0.15) is 0 Å². The molecule has 0 saturated heterocycles. The highest BCUT2D eigenvalue weighted by molar-refractivity contribution is 5.93. The lowest BCUT2D eigenvalue weighted by molar-refractivity contribution is 0.0767. The van der Waals surface area contributed by atoms with Crippen molar-refractivity contribution in [2.24, 2.45) is 0 Å². The van der Waals surface area contributed by atoms with E-state index in [2.05, 4.69) is 4.57 Å². The third-order valence-electron chi connectivity index (χ3n) is 5.65. The number of fused-ring (bicyclic) bond motifs is 1. The fourth-order valence-electron chi connectivity index (χ4n) is 3.92. The number of carbonyl (C=O) groups is 1. The van der Waals surface area contributed by atoms with Crippen LogP contribution in [0.1, 0.15) is 29.9 Å². The molecule has 0 aliphatic carbocycles. The Labute approximate surface area is 193 Å². The minimum absolute atomic E-state index is 0.0814. The second kappa shape index (κ2) is 9.73. The summed E-state index contributed by atoms with van der Waals surface area (Å²) in [5.41, 5.74) is 3.92. The third kappa shape index (κ3) is 4.53. The lowest BCUT2D eigenvalue weighted by Gasteiger charge is -2.18. The number of hydrogen-bond donors (Lipinski definition) is 0. The summed E-state index contributed by atoms with van der Waals surface area (Å²) in [6.07, 6.45) is 0. The molecule has 7 nitrogen and oxygen atoms in total. The van der Waals surface area contributed by atoms with Gasteiger partial charge in [0.15, 0.2) is 5.82 Å². The maximum Gasteiger partial charge on any atom is 0.272 e. The molecule has 1 amide bonds. The van der Waals surface area contributed by atoms with Crippen LogP contribution < -0.4 is 9.47 Å². The van der Waals surface area contributed by atoms with Gasteiger partial charge >= 0.3 is 0 Å². The van der Waals surface area contributed by atoms with Crippen molar-refractivity contribution < 1.29 is 14.3 Å². The molecule has 0 atom stereocenters. The second-order valence-corrected chi connectivity index (χ2v) is 7.62. The van der Waals surface area contributed by atoms with Gasteiger partial charge in [-0.3, -0.25) is 4.79 Å². The van der Waals surface area contributed by atoms with Gasteiger partial charge in [-0.05, 0) is 55.8 Å². The SMILES string of the molecule is CCN(CC)C(=O)c1cccc(-c2nc3ccccc3n2Cc2cc(OC)cc(OC)c2)n1. The van der Waals surface area contributed by atoms with E-state index in [0.29, 0.717) is 36.8 Å². The van der Waals surface area contributed by atoms with Crippen molar-refractivity contribution in [1.82, 2.24) is 19.4 Å². The van der Waals surface area contributed by atoms with Crippen LogP contribution in [-0.2, 0) is 6.54 Å². The lowest BCUT2D eigenvalue weighted by atomic mass is 10.2. The van der Waals surface area contributed by atoms with Gasteiger partial charge in [0.1, 0.15) is 22.9 Å². The number of ether oxygens (including phenoxy) is 2. The molecule has 170 valence electrons. The molecular formula is C26H28N4O3. The maximum atomic E-state index is 12.9. The van der Waals surface area contributed by atoms with Gasteiger partial charge in [-0.1, -0.05) is 18.2 Å². The van der Waals surface area contributed by atoms with E-state index in [0.717, 1.165) is 28.1 Å². The standard InChI is InChI=1S/C26H28N4O3/c1-5-29(6-2)26(31)23-12-9-11-22(27-23)25-28-21-10-7-8-13-24(21)30(25)17-18-14-19(32-3)16-20(15-18)33-4/h7-16H,5-6,17H2,1-4H3. The molecule has 0 fully saturated rings. The molecule has 0 aliphatic heterocycles. The predicted octanol–water partition coefficient (Wildman–Crippen LogP) is 4.65. The first-order valence-corrected chi connectivity index (χ1v) is 11.0. The zero-order valence-electron chi connectivity index (χ0n) is 19.4. The van der Waals surface area contributed by atoms with E-state index in [4.69, 9.17) is 19.4 Å². The number of amides is 1. The normalized spacial score (nSPS) is 10.9. The Bertz CT molecular complexity index is 1260. The summed E-state index contributed by atoms with van der Waals surface area (Å²) in [6.45, 7) is 5.74. The fourth-order valence-corrected chi connectivity index (χ4v) is 3.92. The highest BCUT2D eigenvalue weighted by Crippen LogP contribution is 2.28. The van der Waals surface area contributed by atoms with Crippen molar-refractivity contribution in [2.75, 3.05) is 27.3 Å². The molecule has 2 aromatic heterocycles. The van der Waals surface area contributed by atoms with Crippen LogP contribution in [0.2, 0.25) is 0 Å². The molecule has 4 rings (SSSR count). The number of hydrogen-bond acceptors (Lipinski definition) is 5. The van der Waals surface area contributed by atoms with E-state index in [1.54, 1.807) is 25.2 Å². The summed E-state index contributed by atoms with van der Waals surface area (Å²) in [6, 6.07) is 19.3. The molecule has 0 saturated carbocycles. The number of aromatic nitrogens is 3. The maximum absolute atomic E-state index is 12.9. The van der Waals surface area contributed by atoms with Gasteiger partial charge in [0.25, 0.3) is 5.91 Å². The first-order chi connectivity index (χ1) is 16.1. The molecular weight excluding hydrogens is 416 g/mol. The van der Waals surface area contributed by atoms with E-state index < -0.39 is 0 Å². The monoisotopic (exact) mass is 444 g/mol. The van der Waals surface area contributed by atoms with Crippen LogP contribution in [0.5, 0.6) is 11.5 Å². The number of nitrogens with zero attached hydrogens (tertiary/aromatic N) is 4. The van der Waals surface area contributed by atoms with Crippen molar-refractivity contribution >= 4 is 16.9 Å². The number of pyridine rings is 1. The summed E-state index contributed by atoms with van der Waals surface area (Å²) in [4.78, 5) is 24.2. The number of imidazole rings is 1. The number of methoxy groups -OCH3 is 2. The highest BCUT2D eigenvalue weighted by Gasteiger charge is 2.18. The van der Waals surface area contributed by atoms with Crippen LogP contribution in [0.15, 0.2) is 60.7 Å². The summed E-state index contributed by atoms with van der Waals surface area (Å²) in [7, 11) is 3.28. The molecule has 2 heterocycles. The van der Waals surface area contributed by atoms with Crippen LogP contribution in [0, 0.1) is 0 Å². The Morgan fingerprint density at radius 1 is 0.909 bits per heavy atom. The van der Waals surface area contributed by atoms with Crippen LogP contribution in [-0.4, -0.2) is 52.7 Å². The van der Waals surface area contributed by atoms with Crippen LogP contribution in [0.3, 0.4) is 0 Å². The Kier molecular flexibility index (Phi) is 6.58. The Balaban J connectivity index is 1.82. The van der Waals surface area contributed by atoms with E-state index >= 15 is 0 Å². The topological polar surface area (TPSA) is 69.5 Å². The lowest BCUT2D eigenvalue weighted by Crippen LogP contribution is -2.31. The molecule has 0 aliphatic rings. The van der Waals surface area contributed by atoms with Crippen molar-refractivity contribution in [1.29, 1.82) is 0 Å². The summed E-state index contributed by atoms with van der Waals surface area (Å²) >= 11 is 0. The summed E-state index contributed by atoms with van der Waals surface area (Å²) in [5.74, 6) is 2.06. The second-order valence-electron chi connectivity index (χ2n) is 7.62. The van der Waals surface area contributed by atoms with Gasteiger partial charge in [0.2, 0.25) is 0 Å². The minimum atomic E-state index is -0.0814. The van der Waals surface area contributed by atoms with Crippen molar-refractivity contribution in [3.63, 3.8) is 0 Å². The van der Waals surface area contributed by atoms with Crippen molar-refractivity contribution in [2.45, 2.75) is 20.4 Å². The first-order valence-electron chi connectivity index (χ1n) is 11.0. The predicted molar refractivity (Wildman–Crippen MR) is 129 cm³/mol. The molecule has 0 N–H and O–H groups in total. The molecule has 2 aromatic carbocycles. The third-order valence-corrected chi connectivity index (χ3v) is 5.65. The number of rotatable bonds is 8. The van der Waals surface area contributed by atoms with Gasteiger partial charge in [0, 0.05) is 25.7 Å². The van der Waals surface area contributed by atoms with Crippen LogP contribution in [0.25, 0.3) is 22.6 Å². The zero-order chi connectivity index (χ0) is 23.4. The quantitative estimate of drug-likeness (QED) is 0.396. The van der Waals surface area contributed by atoms with Crippen molar-refractivity contribution in [3.05, 3.63) is 71.9 Å².